The van der Waals surface area contributed by atoms with Gasteiger partial charge in [0.05, 0.1) is 0 Å². The van der Waals surface area contributed by atoms with Gasteiger partial charge in [-0.2, -0.15) is 0 Å². The van der Waals surface area contributed by atoms with Crippen molar-refractivity contribution in [3.8, 4) is 0 Å². The van der Waals surface area contributed by atoms with Crippen LogP contribution < -0.4 is 11.1 Å². The summed E-state index contributed by atoms with van der Waals surface area (Å²) in [6.45, 7) is 0.903. The van der Waals surface area contributed by atoms with Crippen molar-refractivity contribution in [2.24, 2.45) is 11.7 Å². The van der Waals surface area contributed by atoms with Gasteiger partial charge in [-0.15, -0.1) is 0 Å². The van der Waals surface area contributed by atoms with Gasteiger partial charge in [0, 0.05) is 35.5 Å². The molecule has 4 N–H and O–H groups in total. The molecular weight excluding hydrogens is 250 g/mol. The van der Waals surface area contributed by atoms with Crippen LogP contribution in [0, 0.1) is 5.92 Å². The van der Waals surface area contributed by atoms with Gasteiger partial charge in [-0.25, -0.2) is 0 Å². The number of nitrogens with two attached hydrogens (primary N) is 1. The summed E-state index contributed by atoms with van der Waals surface area (Å²) in [4.78, 5) is 14.5. The third-order valence-electron chi connectivity index (χ3n) is 4.89. The zero-order valence-electron chi connectivity index (χ0n) is 11.4. The van der Waals surface area contributed by atoms with E-state index < -0.39 is 0 Å². The Morgan fingerprint density at radius 3 is 3.15 bits per heavy atom. The lowest BCUT2D eigenvalue weighted by Gasteiger charge is -2.40. The molecule has 0 saturated carbocycles. The molecule has 0 radical (unpaired) electrons. The summed E-state index contributed by atoms with van der Waals surface area (Å²) in [5.74, 6) is 0.677. The Morgan fingerprint density at radius 1 is 1.40 bits per heavy atom. The third-order valence-corrected chi connectivity index (χ3v) is 4.89. The lowest BCUT2D eigenvalue weighted by atomic mass is 9.73. The van der Waals surface area contributed by atoms with E-state index in [1.807, 2.05) is 0 Å². The van der Waals surface area contributed by atoms with Gasteiger partial charge in [0.25, 0.3) is 0 Å². The van der Waals surface area contributed by atoms with Crippen LogP contribution in [0.5, 0.6) is 0 Å². The first-order chi connectivity index (χ1) is 9.72. The van der Waals surface area contributed by atoms with Gasteiger partial charge < -0.3 is 16.0 Å². The van der Waals surface area contributed by atoms with Crippen LogP contribution in [-0.2, 0) is 11.2 Å². The van der Waals surface area contributed by atoms with E-state index in [2.05, 4.69) is 34.7 Å². The van der Waals surface area contributed by atoms with Crippen LogP contribution in [0.1, 0.15) is 29.9 Å². The van der Waals surface area contributed by atoms with Gasteiger partial charge in [0.2, 0.25) is 5.91 Å². The number of carbonyl (C=O) groups is 1. The maximum atomic E-state index is 11.2. The number of hydrogen-bond acceptors (Lipinski definition) is 2. The standard InChI is InChI=1S/C16H19N3O/c17-15(20)5-9-4-12-11-2-1-3-13-16(11)10(8-19-13)6-14(12)18-7-9/h1-3,8-9,12,14,18-19H,4-7H2,(H2,17,20)/t9?,12-,14-/m1/s1. The fourth-order valence-electron chi connectivity index (χ4n) is 4.06. The number of hydrogen-bond donors (Lipinski definition) is 3. The topological polar surface area (TPSA) is 70.9 Å². The number of primary amides is 1. The number of fused-ring (bicyclic) bond motifs is 2. The first-order valence-electron chi connectivity index (χ1n) is 7.33. The summed E-state index contributed by atoms with van der Waals surface area (Å²) in [5.41, 5.74) is 9.43. The van der Waals surface area contributed by atoms with Crippen molar-refractivity contribution in [2.45, 2.75) is 31.2 Å². The molecule has 1 aliphatic heterocycles. The van der Waals surface area contributed by atoms with Gasteiger partial charge in [-0.1, -0.05) is 12.1 Å². The summed E-state index contributed by atoms with van der Waals surface area (Å²) in [6, 6.07) is 7.00. The van der Waals surface area contributed by atoms with E-state index in [0.717, 1.165) is 19.4 Å². The molecule has 1 aliphatic carbocycles. The highest BCUT2D eigenvalue weighted by Crippen LogP contribution is 2.42. The van der Waals surface area contributed by atoms with Crippen LogP contribution in [-0.4, -0.2) is 23.5 Å². The maximum Gasteiger partial charge on any atom is 0.217 e. The molecule has 0 spiro atoms. The number of H-pyrrole nitrogens is 1. The second-order valence-corrected chi connectivity index (χ2v) is 6.18. The molecule has 1 fully saturated rings. The summed E-state index contributed by atoms with van der Waals surface area (Å²) in [6.07, 6.45) is 4.77. The summed E-state index contributed by atoms with van der Waals surface area (Å²) < 4.78 is 0. The van der Waals surface area contributed by atoms with E-state index in [4.69, 9.17) is 5.73 Å². The van der Waals surface area contributed by atoms with E-state index >= 15 is 0 Å². The quantitative estimate of drug-likeness (QED) is 0.776. The molecule has 1 aromatic heterocycles. The zero-order valence-corrected chi connectivity index (χ0v) is 11.4. The SMILES string of the molecule is NC(=O)CC1CN[C@@H]2Cc3c[nH]c4cccc(c34)[C@H]2C1. The number of benzene rings is 1. The van der Waals surface area contributed by atoms with E-state index in [1.165, 1.54) is 22.0 Å². The number of piperidine rings is 1. The van der Waals surface area contributed by atoms with Crippen molar-refractivity contribution >= 4 is 16.8 Å². The van der Waals surface area contributed by atoms with E-state index in [0.29, 0.717) is 24.3 Å². The molecule has 4 heteroatoms. The molecule has 4 nitrogen and oxygen atoms in total. The predicted octanol–water partition coefficient (Wildman–Crippen LogP) is 1.66. The van der Waals surface area contributed by atoms with E-state index in [1.54, 1.807) is 0 Å². The van der Waals surface area contributed by atoms with E-state index in [9.17, 15) is 4.79 Å². The molecule has 4 rings (SSSR count). The molecule has 0 bridgehead atoms. The molecule has 2 heterocycles. The average Bonchev–Trinajstić information content (AvgIpc) is 2.84. The van der Waals surface area contributed by atoms with Crippen molar-refractivity contribution in [1.29, 1.82) is 0 Å². The molecule has 1 unspecified atom stereocenters. The number of nitrogens with one attached hydrogen (secondary N) is 2. The van der Waals surface area contributed by atoms with Crippen molar-refractivity contribution in [3.63, 3.8) is 0 Å². The first kappa shape index (κ1) is 12.0. The Labute approximate surface area is 117 Å². The second kappa shape index (κ2) is 4.35. The van der Waals surface area contributed by atoms with Gasteiger partial charge >= 0.3 is 0 Å². The minimum absolute atomic E-state index is 0.188. The van der Waals surface area contributed by atoms with Crippen LogP contribution in [0.2, 0.25) is 0 Å². The van der Waals surface area contributed by atoms with Crippen molar-refractivity contribution < 1.29 is 4.79 Å². The molecule has 3 atom stereocenters. The number of carbonyl (C=O) groups excluding carboxylic acids is 1. The van der Waals surface area contributed by atoms with Gasteiger partial charge in [0.15, 0.2) is 0 Å². The number of rotatable bonds is 2. The third kappa shape index (κ3) is 1.75. The molecule has 1 saturated heterocycles. The van der Waals surface area contributed by atoms with E-state index in [-0.39, 0.29) is 5.91 Å². The Morgan fingerprint density at radius 2 is 2.30 bits per heavy atom. The highest BCUT2D eigenvalue weighted by Gasteiger charge is 2.36. The highest BCUT2D eigenvalue weighted by molar-refractivity contribution is 5.88. The predicted molar refractivity (Wildman–Crippen MR) is 78.5 cm³/mol. The van der Waals surface area contributed by atoms with Crippen molar-refractivity contribution in [1.82, 2.24) is 10.3 Å². The molecular formula is C16H19N3O. The number of aromatic amines is 1. The van der Waals surface area contributed by atoms with Crippen LogP contribution in [0.25, 0.3) is 10.9 Å². The van der Waals surface area contributed by atoms with Gasteiger partial charge in [-0.3, -0.25) is 4.79 Å². The second-order valence-electron chi connectivity index (χ2n) is 6.18. The summed E-state index contributed by atoms with van der Waals surface area (Å²) >= 11 is 0. The smallest absolute Gasteiger partial charge is 0.217 e. The zero-order chi connectivity index (χ0) is 13.7. The summed E-state index contributed by atoms with van der Waals surface area (Å²) in [7, 11) is 0. The molecule has 1 amide bonds. The average molecular weight is 269 g/mol. The lowest BCUT2D eigenvalue weighted by molar-refractivity contribution is -0.119. The Kier molecular flexibility index (Phi) is 2.60. The fourth-order valence-corrected chi connectivity index (χ4v) is 4.06. The van der Waals surface area contributed by atoms with Gasteiger partial charge in [-0.05, 0) is 42.5 Å². The Hall–Kier alpha value is -1.81. The molecule has 2 aromatic rings. The van der Waals surface area contributed by atoms with Crippen LogP contribution >= 0.6 is 0 Å². The number of aromatic nitrogens is 1. The highest BCUT2D eigenvalue weighted by atomic mass is 16.1. The lowest BCUT2D eigenvalue weighted by Crippen LogP contribution is -2.47. The first-order valence-corrected chi connectivity index (χ1v) is 7.33. The largest absolute Gasteiger partial charge is 0.370 e. The molecule has 20 heavy (non-hydrogen) atoms. The fraction of sp³-hybridized carbons (Fsp3) is 0.438. The molecule has 1 aromatic carbocycles. The monoisotopic (exact) mass is 269 g/mol. The van der Waals surface area contributed by atoms with Crippen LogP contribution in [0.15, 0.2) is 24.4 Å². The van der Waals surface area contributed by atoms with Crippen LogP contribution in [0.4, 0.5) is 0 Å². The normalized spacial score (nSPS) is 28.3. The maximum absolute atomic E-state index is 11.2. The van der Waals surface area contributed by atoms with Gasteiger partial charge in [0.1, 0.15) is 0 Å². The van der Waals surface area contributed by atoms with Crippen molar-refractivity contribution in [3.05, 3.63) is 35.5 Å². The molecule has 104 valence electrons. The Balaban J connectivity index is 1.73. The minimum atomic E-state index is -0.188. The van der Waals surface area contributed by atoms with Crippen LogP contribution in [0.3, 0.4) is 0 Å². The minimum Gasteiger partial charge on any atom is -0.370 e. The Bertz CT molecular complexity index is 675. The summed E-state index contributed by atoms with van der Waals surface area (Å²) in [5, 5.41) is 5.03. The number of amides is 1. The van der Waals surface area contributed by atoms with Crippen molar-refractivity contribution in [2.75, 3.05) is 6.54 Å². The molecule has 2 aliphatic rings.